The van der Waals surface area contributed by atoms with Gasteiger partial charge in [-0.05, 0) is 30.7 Å². The summed E-state index contributed by atoms with van der Waals surface area (Å²) in [7, 11) is 1.41. The molecule has 0 saturated heterocycles. The summed E-state index contributed by atoms with van der Waals surface area (Å²) in [6.45, 7) is 0.751. The number of fused-ring (bicyclic) bond motifs is 1. The fraction of sp³-hybridized carbons (Fsp3) is 0.286. The Labute approximate surface area is 106 Å². The molecular formula is C14H16N2O2. The first kappa shape index (κ1) is 12.4. The summed E-state index contributed by atoms with van der Waals surface area (Å²) in [6.07, 6.45) is 2.99. The molecule has 1 aromatic carbocycles. The Morgan fingerprint density at radius 3 is 3.11 bits per heavy atom. The molecule has 0 saturated carbocycles. The molecule has 0 spiro atoms. The van der Waals surface area contributed by atoms with Gasteiger partial charge in [-0.15, -0.1) is 0 Å². The molecular weight excluding hydrogens is 228 g/mol. The minimum Gasteiger partial charge on any atom is -0.469 e. The van der Waals surface area contributed by atoms with Crippen molar-refractivity contribution in [2.24, 2.45) is 0 Å². The lowest BCUT2D eigenvalue weighted by Gasteiger charge is -2.06. The van der Waals surface area contributed by atoms with Crippen LogP contribution in [0.1, 0.15) is 12.8 Å². The summed E-state index contributed by atoms with van der Waals surface area (Å²) in [5.41, 5.74) is 2.03. The minimum absolute atomic E-state index is 0.167. The number of methoxy groups -OCH3 is 1. The van der Waals surface area contributed by atoms with Crippen molar-refractivity contribution >= 4 is 22.6 Å². The second-order valence-electron chi connectivity index (χ2n) is 4.02. The first-order valence-corrected chi connectivity index (χ1v) is 5.95. The summed E-state index contributed by atoms with van der Waals surface area (Å²) >= 11 is 0. The number of nitrogens with one attached hydrogen (secondary N) is 1. The van der Waals surface area contributed by atoms with Crippen LogP contribution >= 0.6 is 0 Å². The summed E-state index contributed by atoms with van der Waals surface area (Å²) in [4.78, 5) is 15.2. The van der Waals surface area contributed by atoms with Gasteiger partial charge >= 0.3 is 5.97 Å². The van der Waals surface area contributed by atoms with E-state index in [1.807, 2.05) is 24.3 Å². The third kappa shape index (κ3) is 3.20. The van der Waals surface area contributed by atoms with Crippen LogP contribution in [0.25, 0.3) is 10.9 Å². The topological polar surface area (TPSA) is 51.2 Å². The highest BCUT2D eigenvalue weighted by molar-refractivity contribution is 5.82. The fourth-order valence-electron chi connectivity index (χ4n) is 1.75. The van der Waals surface area contributed by atoms with Crippen LogP contribution in [0.2, 0.25) is 0 Å². The van der Waals surface area contributed by atoms with Crippen LogP contribution in [0, 0.1) is 0 Å². The quantitative estimate of drug-likeness (QED) is 0.649. The number of anilines is 1. The normalized spacial score (nSPS) is 10.3. The Kier molecular flexibility index (Phi) is 4.12. The molecule has 18 heavy (non-hydrogen) atoms. The number of ether oxygens (including phenoxy) is 1. The van der Waals surface area contributed by atoms with E-state index in [0.717, 1.165) is 29.6 Å². The smallest absolute Gasteiger partial charge is 0.305 e. The lowest BCUT2D eigenvalue weighted by Crippen LogP contribution is -2.06. The Bertz CT molecular complexity index is 540. The van der Waals surface area contributed by atoms with Gasteiger partial charge in [-0.3, -0.25) is 9.78 Å². The molecule has 0 aliphatic heterocycles. The van der Waals surface area contributed by atoms with Crippen LogP contribution in [0.3, 0.4) is 0 Å². The van der Waals surface area contributed by atoms with Gasteiger partial charge in [0.15, 0.2) is 0 Å². The lowest BCUT2D eigenvalue weighted by atomic mass is 10.2. The molecule has 0 aliphatic carbocycles. The van der Waals surface area contributed by atoms with Gasteiger partial charge < -0.3 is 10.1 Å². The zero-order valence-electron chi connectivity index (χ0n) is 10.3. The van der Waals surface area contributed by atoms with Gasteiger partial charge in [0.25, 0.3) is 0 Å². The molecule has 2 rings (SSSR count). The predicted octanol–water partition coefficient (Wildman–Crippen LogP) is 2.60. The summed E-state index contributed by atoms with van der Waals surface area (Å²) in [5.74, 6) is -0.167. The standard InChI is InChI=1S/C14H16N2O2/c1-18-14(17)5-3-8-15-12-6-7-13-11(10-12)4-2-9-16-13/h2,4,6-7,9-10,15H,3,5,8H2,1H3. The molecule has 2 aromatic rings. The van der Waals surface area contributed by atoms with Crippen LogP contribution in [-0.4, -0.2) is 24.6 Å². The molecule has 0 unspecified atom stereocenters. The van der Waals surface area contributed by atoms with Crippen molar-refractivity contribution in [2.45, 2.75) is 12.8 Å². The predicted molar refractivity (Wildman–Crippen MR) is 71.5 cm³/mol. The fourth-order valence-corrected chi connectivity index (χ4v) is 1.75. The largest absolute Gasteiger partial charge is 0.469 e. The van der Waals surface area contributed by atoms with E-state index < -0.39 is 0 Å². The van der Waals surface area contributed by atoms with Crippen molar-refractivity contribution in [3.63, 3.8) is 0 Å². The van der Waals surface area contributed by atoms with Crippen molar-refractivity contribution in [1.82, 2.24) is 4.98 Å². The maximum atomic E-state index is 10.9. The average Bonchev–Trinajstić information content (AvgIpc) is 2.43. The van der Waals surface area contributed by atoms with Gasteiger partial charge in [0.05, 0.1) is 12.6 Å². The second-order valence-corrected chi connectivity index (χ2v) is 4.02. The number of aromatic nitrogens is 1. The van der Waals surface area contributed by atoms with E-state index in [-0.39, 0.29) is 5.97 Å². The number of carbonyl (C=O) groups excluding carboxylic acids is 1. The minimum atomic E-state index is -0.167. The summed E-state index contributed by atoms with van der Waals surface area (Å²) in [5, 5.41) is 4.39. The van der Waals surface area contributed by atoms with Crippen molar-refractivity contribution < 1.29 is 9.53 Å². The van der Waals surface area contributed by atoms with Crippen molar-refractivity contribution in [2.75, 3.05) is 19.0 Å². The first-order chi connectivity index (χ1) is 8.79. The zero-order valence-corrected chi connectivity index (χ0v) is 10.3. The van der Waals surface area contributed by atoms with Crippen molar-refractivity contribution in [3.05, 3.63) is 36.5 Å². The molecule has 0 atom stereocenters. The molecule has 0 fully saturated rings. The number of esters is 1. The number of carbonyl (C=O) groups is 1. The molecule has 94 valence electrons. The maximum absolute atomic E-state index is 10.9. The molecule has 0 bridgehead atoms. The highest BCUT2D eigenvalue weighted by atomic mass is 16.5. The SMILES string of the molecule is COC(=O)CCCNc1ccc2ncccc2c1. The molecule has 1 aromatic heterocycles. The Balaban J connectivity index is 1.90. The maximum Gasteiger partial charge on any atom is 0.305 e. The molecule has 1 N–H and O–H groups in total. The number of benzene rings is 1. The first-order valence-electron chi connectivity index (χ1n) is 5.95. The third-order valence-corrected chi connectivity index (χ3v) is 2.72. The molecule has 0 aliphatic rings. The third-order valence-electron chi connectivity index (χ3n) is 2.72. The van der Waals surface area contributed by atoms with E-state index in [1.165, 1.54) is 7.11 Å². The second kappa shape index (κ2) is 6.00. The van der Waals surface area contributed by atoms with Crippen LogP contribution in [0.5, 0.6) is 0 Å². The van der Waals surface area contributed by atoms with Crippen molar-refractivity contribution in [3.8, 4) is 0 Å². The highest BCUT2D eigenvalue weighted by Gasteiger charge is 2.00. The van der Waals surface area contributed by atoms with Gasteiger partial charge in [0, 0.05) is 30.2 Å². The molecule has 1 heterocycles. The van der Waals surface area contributed by atoms with E-state index in [4.69, 9.17) is 0 Å². The zero-order chi connectivity index (χ0) is 12.8. The number of rotatable bonds is 5. The molecule has 0 amide bonds. The molecule has 4 nitrogen and oxygen atoms in total. The summed E-state index contributed by atoms with van der Waals surface area (Å²) < 4.78 is 4.59. The number of hydrogen-bond acceptors (Lipinski definition) is 4. The Morgan fingerprint density at radius 2 is 2.28 bits per heavy atom. The number of hydrogen-bond donors (Lipinski definition) is 1. The number of nitrogens with zero attached hydrogens (tertiary/aromatic N) is 1. The van der Waals surface area contributed by atoms with E-state index >= 15 is 0 Å². The van der Waals surface area contributed by atoms with Crippen LogP contribution in [-0.2, 0) is 9.53 Å². The van der Waals surface area contributed by atoms with Crippen molar-refractivity contribution in [1.29, 1.82) is 0 Å². The van der Waals surface area contributed by atoms with Gasteiger partial charge in [0.2, 0.25) is 0 Å². The van der Waals surface area contributed by atoms with E-state index in [2.05, 4.69) is 21.1 Å². The molecule has 4 heteroatoms. The van der Waals surface area contributed by atoms with E-state index in [9.17, 15) is 4.79 Å². The average molecular weight is 244 g/mol. The van der Waals surface area contributed by atoms with Gasteiger partial charge in [-0.25, -0.2) is 0 Å². The lowest BCUT2D eigenvalue weighted by molar-refractivity contribution is -0.140. The van der Waals surface area contributed by atoms with E-state index in [1.54, 1.807) is 6.20 Å². The van der Waals surface area contributed by atoms with Gasteiger partial charge in [0.1, 0.15) is 0 Å². The molecule has 0 radical (unpaired) electrons. The van der Waals surface area contributed by atoms with Gasteiger partial charge in [-0.1, -0.05) is 6.07 Å². The van der Waals surface area contributed by atoms with Crippen LogP contribution < -0.4 is 5.32 Å². The van der Waals surface area contributed by atoms with Gasteiger partial charge in [-0.2, -0.15) is 0 Å². The summed E-state index contributed by atoms with van der Waals surface area (Å²) in [6, 6.07) is 9.98. The monoisotopic (exact) mass is 244 g/mol. The van der Waals surface area contributed by atoms with Crippen LogP contribution in [0.15, 0.2) is 36.5 Å². The Hall–Kier alpha value is -2.10. The Morgan fingerprint density at radius 1 is 1.39 bits per heavy atom. The van der Waals surface area contributed by atoms with Crippen LogP contribution in [0.4, 0.5) is 5.69 Å². The number of pyridine rings is 1. The van der Waals surface area contributed by atoms with E-state index in [0.29, 0.717) is 6.42 Å². The highest BCUT2D eigenvalue weighted by Crippen LogP contribution is 2.16.